The molecule has 0 spiro atoms. The number of rotatable bonds is 2. The summed E-state index contributed by atoms with van der Waals surface area (Å²) in [6.07, 6.45) is 1.44. The third kappa shape index (κ3) is 2.78. The lowest BCUT2D eigenvalue weighted by Gasteiger charge is -2.32. The summed E-state index contributed by atoms with van der Waals surface area (Å²) in [7, 11) is 0. The van der Waals surface area contributed by atoms with Crippen molar-refractivity contribution >= 4 is 5.91 Å². The molecule has 0 radical (unpaired) electrons. The second-order valence-electron chi connectivity index (χ2n) is 3.89. The standard InChI is InChI=1S/C11H15N3O3/c1-8-12-3-2-9(13-8)10-6-14(4-5-17-10)11(16)7-15/h2-3,10,15H,4-7H2,1H3/t10-/m0/s1. The van der Waals surface area contributed by atoms with Crippen LogP contribution in [-0.2, 0) is 9.53 Å². The van der Waals surface area contributed by atoms with E-state index in [2.05, 4.69) is 9.97 Å². The van der Waals surface area contributed by atoms with E-state index in [1.807, 2.05) is 6.92 Å². The molecule has 1 aliphatic heterocycles. The van der Waals surface area contributed by atoms with Crippen LogP contribution >= 0.6 is 0 Å². The van der Waals surface area contributed by atoms with Gasteiger partial charge in [-0.05, 0) is 13.0 Å². The van der Waals surface area contributed by atoms with Crippen molar-refractivity contribution in [3.05, 3.63) is 23.8 Å². The highest BCUT2D eigenvalue weighted by atomic mass is 16.5. The van der Waals surface area contributed by atoms with Gasteiger partial charge in [0, 0.05) is 12.7 Å². The van der Waals surface area contributed by atoms with Gasteiger partial charge >= 0.3 is 0 Å². The molecule has 2 rings (SSSR count). The first-order valence-corrected chi connectivity index (χ1v) is 5.50. The molecule has 1 amide bonds. The summed E-state index contributed by atoms with van der Waals surface area (Å²) in [4.78, 5) is 21.3. The third-order valence-electron chi connectivity index (χ3n) is 2.68. The summed E-state index contributed by atoms with van der Waals surface area (Å²) in [6, 6.07) is 1.78. The summed E-state index contributed by atoms with van der Waals surface area (Å²) in [5, 5.41) is 8.83. The zero-order chi connectivity index (χ0) is 12.3. The van der Waals surface area contributed by atoms with Gasteiger partial charge in [-0.3, -0.25) is 4.79 Å². The molecule has 1 N–H and O–H groups in total. The molecule has 0 aromatic carbocycles. The van der Waals surface area contributed by atoms with Gasteiger partial charge in [0.2, 0.25) is 5.91 Å². The number of hydrogen-bond acceptors (Lipinski definition) is 5. The Hall–Kier alpha value is -1.53. The van der Waals surface area contributed by atoms with E-state index >= 15 is 0 Å². The van der Waals surface area contributed by atoms with Crippen LogP contribution in [0.2, 0.25) is 0 Å². The number of carbonyl (C=O) groups excluding carboxylic acids is 1. The van der Waals surface area contributed by atoms with Crippen LogP contribution < -0.4 is 0 Å². The number of ether oxygens (including phenoxy) is 1. The second kappa shape index (κ2) is 5.20. The molecule has 6 nitrogen and oxygen atoms in total. The van der Waals surface area contributed by atoms with Gasteiger partial charge in [-0.15, -0.1) is 0 Å². The minimum atomic E-state index is -0.463. The average molecular weight is 237 g/mol. The van der Waals surface area contributed by atoms with E-state index in [1.54, 1.807) is 17.2 Å². The van der Waals surface area contributed by atoms with Gasteiger partial charge in [0.05, 0.1) is 18.8 Å². The van der Waals surface area contributed by atoms with Crippen LogP contribution in [0.5, 0.6) is 0 Å². The molecule has 1 saturated heterocycles. The molecule has 92 valence electrons. The Morgan fingerprint density at radius 3 is 3.24 bits per heavy atom. The maximum atomic E-state index is 11.4. The van der Waals surface area contributed by atoms with Gasteiger partial charge < -0.3 is 14.7 Å². The topological polar surface area (TPSA) is 75.6 Å². The van der Waals surface area contributed by atoms with Gasteiger partial charge in [0.25, 0.3) is 0 Å². The predicted molar refractivity (Wildman–Crippen MR) is 59.1 cm³/mol. The molecule has 1 atom stereocenters. The Kier molecular flexibility index (Phi) is 3.65. The van der Waals surface area contributed by atoms with E-state index in [1.165, 1.54) is 0 Å². The highest BCUT2D eigenvalue weighted by molar-refractivity contribution is 5.77. The first-order chi connectivity index (χ1) is 8.20. The zero-order valence-corrected chi connectivity index (χ0v) is 9.67. The molecule has 0 bridgehead atoms. The minimum Gasteiger partial charge on any atom is -0.387 e. The van der Waals surface area contributed by atoms with E-state index in [0.29, 0.717) is 25.5 Å². The molecule has 1 aromatic rings. The number of morpholine rings is 1. The van der Waals surface area contributed by atoms with E-state index in [-0.39, 0.29) is 12.0 Å². The number of carbonyl (C=O) groups is 1. The van der Waals surface area contributed by atoms with Crippen LogP contribution in [0.3, 0.4) is 0 Å². The van der Waals surface area contributed by atoms with Crippen molar-refractivity contribution in [3.63, 3.8) is 0 Å². The fourth-order valence-corrected chi connectivity index (χ4v) is 1.81. The number of aliphatic hydroxyl groups excluding tert-OH is 1. The Balaban J connectivity index is 2.09. The van der Waals surface area contributed by atoms with Gasteiger partial charge in [0.15, 0.2) is 0 Å². The largest absolute Gasteiger partial charge is 0.387 e. The fraction of sp³-hybridized carbons (Fsp3) is 0.545. The van der Waals surface area contributed by atoms with Crippen molar-refractivity contribution in [1.82, 2.24) is 14.9 Å². The molecule has 17 heavy (non-hydrogen) atoms. The Morgan fingerprint density at radius 1 is 1.71 bits per heavy atom. The number of hydrogen-bond donors (Lipinski definition) is 1. The summed E-state index contributed by atoms with van der Waals surface area (Å²) >= 11 is 0. The summed E-state index contributed by atoms with van der Waals surface area (Å²) in [5.41, 5.74) is 0.771. The maximum Gasteiger partial charge on any atom is 0.248 e. The Labute approximate surface area is 99.2 Å². The number of aromatic nitrogens is 2. The van der Waals surface area contributed by atoms with Crippen molar-refractivity contribution in [2.45, 2.75) is 13.0 Å². The van der Waals surface area contributed by atoms with Crippen molar-refractivity contribution in [2.24, 2.45) is 0 Å². The van der Waals surface area contributed by atoms with Crippen molar-refractivity contribution in [3.8, 4) is 0 Å². The summed E-state index contributed by atoms with van der Waals surface area (Å²) in [5.74, 6) is 0.404. The molecule has 1 aliphatic rings. The van der Waals surface area contributed by atoms with Crippen LogP contribution in [0.15, 0.2) is 12.3 Å². The average Bonchev–Trinajstić information content (AvgIpc) is 2.38. The maximum absolute atomic E-state index is 11.4. The predicted octanol–water partition coefficient (Wildman–Crippen LogP) is -0.323. The van der Waals surface area contributed by atoms with Crippen molar-refractivity contribution in [1.29, 1.82) is 0 Å². The number of aliphatic hydroxyl groups is 1. The Morgan fingerprint density at radius 2 is 2.53 bits per heavy atom. The van der Waals surface area contributed by atoms with Crippen LogP contribution in [0.4, 0.5) is 0 Å². The lowest BCUT2D eigenvalue weighted by Crippen LogP contribution is -2.43. The van der Waals surface area contributed by atoms with Crippen LogP contribution in [0.1, 0.15) is 17.6 Å². The second-order valence-corrected chi connectivity index (χ2v) is 3.89. The van der Waals surface area contributed by atoms with E-state index in [4.69, 9.17) is 9.84 Å². The molecule has 6 heteroatoms. The molecule has 0 saturated carbocycles. The summed E-state index contributed by atoms with van der Waals surface area (Å²) < 4.78 is 5.58. The molecule has 1 aromatic heterocycles. The smallest absolute Gasteiger partial charge is 0.248 e. The van der Waals surface area contributed by atoms with Gasteiger partial charge in [-0.1, -0.05) is 0 Å². The normalized spacial score (nSPS) is 20.4. The number of amides is 1. The van der Waals surface area contributed by atoms with Crippen molar-refractivity contribution < 1.29 is 14.6 Å². The van der Waals surface area contributed by atoms with Gasteiger partial charge in [-0.25, -0.2) is 9.97 Å². The first kappa shape index (κ1) is 11.9. The van der Waals surface area contributed by atoms with Crippen molar-refractivity contribution in [2.75, 3.05) is 26.3 Å². The fourth-order valence-electron chi connectivity index (χ4n) is 1.81. The zero-order valence-electron chi connectivity index (χ0n) is 9.67. The molecule has 0 unspecified atom stereocenters. The van der Waals surface area contributed by atoms with Gasteiger partial charge in [0.1, 0.15) is 18.5 Å². The number of aryl methyl sites for hydroxylation is 1. The first-order valence-electron chi connectivity index (χ1n) is 5.50. The third-order valence-corrected chi connectivity index (χ3v) is 2.68. The molecule has 2 heterocycles. The highest BCUT2D eigenvalue weighted by Crippen LogP contribution is 2.20. The monoisotopic (exact) mass is 237 g/mol. The van der Waals surface area contributed by atoms with Gasteiger partial charge in [-0.2, -0.15) is 0 Å². The molecular formula is C11H15N3O3. The molecule has 1 fully saturated rings. The minimum absolute atomic E-state index is 0.235. The van der Waals surface area contributed by atoms with E-state index in [9.17, 15) is 4.79 Å². The lowest BCUT2D eigenvalue weighted by atomic mass is 10.2. The quantitative estimate of drug-likeness (QED) is 0.762. The number of nitrogens with zero attached hydrogens (tertiary/aromatic N) is 3. The molecular weight excluding hydrogens is 222 g/mol. The summed E-state index contributed by atoms with van der Waals surface area (Å²) in [6.45, 7) is 2.74. The van der Waals surface area contributed by atoms with Crippen LogP contribution in [-0.4, -0.2) is 52.2 Å². The van der Waals surface area contributed by atoms with Crippen LogP contribution in [0, 0.1) is 6.92 Å². The molecule has 0 aliphatic carbocycles. The van der Waals surface area contributed by atoms with E-state index < -0.39 is 6.61 Å². The SMILES string of the molecule is Cc1nccc([C@@H]2CN(C(=O)CO)CCO2)n1. The lowest BCUT2D eigenvalue weighted by molar-refractivity contribution is -0.142. The Bertz CT molecular complexity index is 411. The van der Waals surface area contributed by atoms with Crippen LogP contribution in [0.25, 0.3) is 0 Å². The highest BCUT2D eigenvalue weighted by Gasteiger charge is 2.25. The van der Waals surface area contributed by atoms with E-state index in [0.717, 1.165) is 5.69 Å².